The zero-order valence-corrected chi connectivity index (χ0v) is 14.7. The Kier molecular flexibility index (Phi) is 5.11. The summed E-state index contributed by atoms with van der Waals surface area (Å²) >= 11 is 0. The van der Waals surface area contributed by atoms with Gasteiger partial charge in [-0.2, -0.15) is 0 Å². The van der Waals surface area contributed by atoms with Gasteiger partial charge in [-0.15, -0.1) is 0 Å². The number of benzene rings is 2. The van der Waals surface area contributed by atoms with Gasteiger partial charge in [0.05, 0.1) is 20.3 Å². The van der Waals surface area contributed by atoms with Gasteiger partial charge in [0.25, 0.3) is 0 Å². The van der Waals surface area contributed by atoms with Crippen LogP contribution in [0, 0.1) is 0 Å². The predicted octanol–water partition coefficient (Wildman–Crippen LogP) is 2.87. The van der Waals surface area contributed by atoms with E-state index in [0.29, 0.717) is 17.9 Å². The molecule has 1 atom stereocenters. The second-order valence-electron chi connectivity index (χ2n) is 6.14. The Morgan fingerprint density at radius 3 is 1.85 bits per heavy atom. The van der Waals surface area contributed by atoms with Crippen LogP contribution in [0.4, 0.5) is 0 Å². The van der Waals surface area contributed by atoms with Crippen molar-refractivity contribution in [3.8, 4) is 11.5 Å². The zero-order chi connectivity index (χ0) is 18.7. The molecule has 0 spiro atoms. The molecule has 0 bridgehead atoms. The van der Waals surface area contributed by atoms with Crippen LogP contribution in [0.3, 0.4) is 0 Å². The highest BCUT2D eigenvalue weighted by atomic mass is 16.5. The van der Waals surface area contributed by atoms with Gasteiger partial charge in [-0.3, -0.25) is 4.79 Å². The van der Waals surface area contributed by atoms with Crippen LogP contribution in [-0.4, -0.2) is 42.1 Å². The van der Waals surface area contributed by atoms with Crippen LogP contribution in [0.5, 0.6) is 11.5 Å². The fourth-order valence-electron chi connectivity index (χ4n) is 3.35. The number of aliphatic carboxylic acids is 1. The van der Waals surface area contributed by atoms with E-state index in [4.69, 9.17) is 9.47 Å². The van der Waals surface area contributed by atoms with E-state index in [0.717, 1.165) is 11.1 Å². The van der Waals surface area contributed by atoms with Crippen molar-refractivity contribution in [2.24, 2.45) is 0 Å². The summed E-state index contributed by atoms with van der Waals surface area (Å²) in [5, 5.41) is 9.57. The third-order valence-electron chi connectivity index (χ3n) is 4.68. The molecule has 2 aromatic carbocycles. The number of methoxy groups -OCH3 is 2. The Hall–Kier alpha value is -3.02. The second-order valence-corrected chi connectivity index (χ2v) is 6.14. The molecule has 0 radical (unpaired) electrons. The van der Waals surface area contributed by atoms with Gasteiger partial charge in [0, 0.05) is 6.42 Å². The highest BCUT2D eigenvalue weighted by molar-refractivity contribution is 5.88. The van der Waals surface area contributed by atoms with E-state index < -0.39 is 18.1 Å². The quantitative estimate of drug-likeness (QED) is 0.862. The number of amides is 1. The molecule has 1 saturated heterocycles. The van der Waals surface area contributed by atoms with Crippen molar-refractivity contribution in [2.75, 3.05) is 14.2 Å². The first-order valence-electron chi connectivity index (χ1n) is 8.37. The van der Waals surface area contributed by atoms with Crippen LogP contribution in [0.2, 0.25) is 0 Å². The summed E-state index contributed by atoms with van der Waals surface area (Å²) in [6.07, 6.45) is 0.552. The normalized spacial score (nSPS) is 16.8. The van der Waals surface area contributed by atoms with E-state index in [1.165, 1.54) is 4.90 Å². The SMILES string of the molecule is COc1ccc(C(c2ccc(OC)cc2)N2C(=O)CC[C@H]2C(=O)O)cc1. The van der Waals surface area contributed by atoms with Gasteiger partial charge < -0.3 is 19.5 Å². The van der Waals surface area contributed by atoms with Crippen LogP contribution in [0.15, 0.2) is 48.5 Å². The molecule has 1 amide bonds. The highest BCUT2D eigenvalue weighted by Crippen LogP contribution is 2.36. The number of hydrogen-bond acceptors (Lipinski definition) is 4. The summed E-state index contributed by atoms with van der Waals surface area (Å²) in [5.74, 6) is 0.256. The lowest BCUT2D eigenvalue weighted by Crippen LogP contribution is -2.41. The molecule has 1 N–H and O–H groups in total. The number of ether oxygens (including phenoxy) is 2. The smallest absolute Gasteiger partial charge is 0.326 e. The Labute approximate surface area is 152 Å². The molecule has 136 valence electrons. The molecule has 6 nitrogen and oxygen atoms in total. The van der Waals surface area contributed by atoms with Crippen LogP contribution >= 0.6 is 0 Å². The lowest BCUT2D eigenvalue weighted by molar-refractivity contribution is -0.147. The number of carboxylic acid groups (broad SMARTS) is 1. The summed E-state index contributed by atoms with van der Waals surface area (Å²) in [5.41, 5.74) is 1.66. The van der Waals surface area contributed by atoms with Crippen molar-refractivity contribution in [1.29, 1.82) is 0 Å². The first kappa shape index (κ1) is 17.8. The van der Waals surface area contributed by atoms with E-state index in [2.05, 4.69) is 0 Å². The molecular weight excluding hydrogens is 334 g/mol. The van der Waals surface area contributed by atoms with Crippen molar-refractivity contribution in [1.82, 2.24) is 4.90 Å². The van der Waals surface area contributed by atoms with Gasteiger partial charge in [-0.05, 0) is 41.8 Å². The lowest BCUT2D eigenvalue weighted by atomic mass is 9.96. The largest absolute Gasteiger partial charge is 0.497 e. The van der Waals surface area contributed by atoms with E-state index in [9.17, 15) is 14.7 Å². The van der Waals surface area contributed by atoms with Crippen LogP contribution in [-0.2, 0) is 9.59 Å². The fourth-order valence-corrected chi connectivity index (χ4v) is 3.35. The van der Waals surface area contributed by atoms with Crippen molar-refractivity contribution in [3.63, 3.8) is 0 Å². The van der Waals surface area contributed by atoms with E-state index in [1.54, 1.807) is 14.2 Å². The molecule has 6 heteroatoms. The standard InChI is InChI=1S/C20H21NO5/c1-25-15-7-3-13(4-8-15)19(14-5-9-16(26-2)10-6-14)21-17(20(23)24)11-12-18(21)22/h3-10,17,19H,11-12H2,1-2H3,(H,23,24)/t17-/m0/s1. The molecule has 1 fully saturated rings. The lowest BCUT2D eigenvalue weighted by Gasteiger charge is -2.32. The van der Waals surface area contributed by atoms with Gasteiger partial charge in [-0.1, -0.05) is 24.3 Å². The molecule has 1 heterocycles. The molecule has 26 heavy (non-hydrogen) atoms. The monoisotopic (exact) mass is 355 g/mol. The van der Waals surface area contributed by atoms with Crippen molar-refractivity contribution in [3.05, 3.63) is 59.7 Å². The van der Waals surface area contributed by atoms with Gasteiger partial charge >= 0.3 is 5.97 Å². The highest BCUT2D eigenvalue weighted by Gasteiger charge is 2.41. The Morgan fingerprint density at radius 1 is 1.00 bits per heavy atom. The van der Waals surface area contributed by atoms with Crippen molar-refractivity contribution in [2.45, 2.75) is 24.9 Å². The Bertz CT molecular complexity index is 737. The first-order valence-corrected chi connectivity index (χ1v) is 8.37. The van der Waals surface area contributed by atoms with Crippen LogP contribution < -0.4 is 9.47 Å². The number of likely N-dealkylation sites (tertiary alicyclic amines) is 1. The number of carbonyl (C=O) groups is 2. The van der Waals surface area contributed by atoms with Crippen LogP contribution in [0.1, 0.15) is 30.0 Å². The van der Waals surface area contributed by atoms with Crippen molar-refractivity contribution < 1.29 is 24.2 Å². The topological polar surface area (TPSA) is 76.1 Å². The molecule has 3 rings (SSSR count). The van der Waals surface area contributed by atoms with E-state index in [-0.39, 0.29) is 12.3 Å². The molecule has 0 saturated carbocycles. The van der Waals surface area contributed by atoms with Gasteiger partial charge in [0.15, 0.2) is 0 Å². The zero-order valence-electron chi connectivity index (χ0n) is 14.7. The maximum Gasteiger partial charge on any atom is 0.326 e. The Balaban J connectivity index is 2.07. The number of carboxylic acids is 1. The molecule has 0 unspecified atom stereocenters. The number of carbonyl (C=O) groups excluding carboxylic acids is 1. The van der Waals surface area contributed by atoms with Gasteiger partial charge in [0.1, 0.15) is 17.5 Å². The molecule has 0 aromatic heterocycles. The van der Waals surface area contributed by atoms with Crippen LogP contribution in [0.25, 0.3) is 0 Å². The van der Waals surface area contributed by atoms with E-state index in [1.807, 2.05) is 48.5 Å². The van der Waals surface area contributed by atoms with Crippen molar-refractivity contribution >= 4 is 11.9 Å². The average Bonchev–Trinajstić information content (AvgIpc) is 3.05. The molecule has 2 aromatic rings. The summed E-state index contributed by atoms with van der Waals surface area (Å²) in [6.45, 7) is 0. The third-order valence-corrected chi connectivity index (χ3v) is 4.68. The van der Waals surface area contributed by atoms with Gasteiger partial charge in [-0.25, -0.2) is 4.79 Å². The summed E-state index contributed by atoms with van der Waals surface area (Å²) in [7, 11) is 3.17. The average molecular weight is 355 g/mol. The second kappa shape index (κ2) is 7.47. The Morgan fingerprint density at radius 2 is 1.46 bits per heavy atom. The minimum absolute atomic E-state index is 0.158. The third kappa shape index (κ3) is 3.35. The molecular formula is C20H21NO5. The number of rotatable bonds is 6. The van der Waals surface area contributed by atoms with E-state index >= 15 is 0 Å². The minimum Gasteiger partial charge on any atom is -0.497 e. The first-order chi connectivity index (χ1) is 12.5. The summed E-state index contributed by atoms with van der Waals surface area (Å²) in [4.78, 5) is 25.7. The molecule has 1 aliphatic rings. The molecule has 1 aliphatic heterocycles. The summed E-state index contributed by atoms with van der Waals surface area (Å²) in [6, 6.07) is 13.3. The molecule has 0 aliphatic carbocycles. The number of nitrogens with zero attached hydrogens (tertiary/aromatic N) is 1. The fraction of sp³-hybridized carbons (Fsp3) is 0.300. The number of hydrogen-bond donors (Lipinski definition) is 1. The van der Waals surface area contributed by atoms with Gasteiger partial charge in [0.2, 0.25) is 5.91 Å². The summed E-state index contributed by atoms with van der Waals surface area (Å²) < 4.78 is 10.4. The maximum absolute atomic E-state index is 12.5. The predicted molar refractivity (Wildman–Crippen MR) is 95.3 cm³/mol. The maximum atomic E-state index is 12.5. The minimum atomic E-state index is -0.983.